The van der Waals surface area contributed by atoms with E-state index in [1.807, 2.05) is 31.2 Å². The van der Waals surface area contributed by atoms with Gasteiger partial charge in [-0.3, -0.25) is 4.79 Å². The summed E-state index contributed by atoms with van der Waals surface area (Å²) in [6, 6.07) is 10.9. The number of aromatic hydroxyl groups is 1. The van der Waals surface area contributed by atoms with Crippen molar-refractivity contribution in [1.82, 2.24) is 4.57 Å². The van der Waals surface area contributed by atoms with Crippen molar-refractivity contribution in [2.24, 2.45) is 10.2 Å². The highest BCUT2D eigenvalue weighted by Gasteiger charge is 2.16. The Hall–Kier alpha value is -2.51. The van der Waals surface area contributed by atoms with Gasteiger partial charge in [0.15, 0.2) is 5.69 Å². The van der Waals surface area contributed by atoms with Crippen molar-refractivity contribution in [3.63, 3.8) is 0 Å². The molecule has 0 aliphatic heterocycles. The molecule has 24 heavy (non-hydrogen) atoms. The van der Waals surface area contributed by atoms with Gasteiger partial charge in [0.2, 0.25) is 5.88 Å². The zero-order chi connectivity index (χ0) is 16.9. The quantitative estimate of drug-likeness (QED) is 0.533. The predicted molar refractivity (Wildman–Crippen MR) is 93.3 cm³/mol. The summed E-state index contributed by atoms with van der Waals surface area (Å²) in [5.41, 5.74) is 1.12. The Kier molecular flexibility index (Phi) is 5.02. The number of benzene rings is 1. The minimum absolute atomic E-state index is 0.0152. The Morgan fingerprint density at radius 1 is 1.29 bits per heavy atom. The summed E-state index contributed by atoms with van der Waals surface area (Å²) in [4.78, 5) is 12.5. The van der Waals surface area contributed by atoms with Crippen molar-refractivity contribution in [2.45, 2.75) is 13.5 Å². The van der Waals surface area contributed by atoms with Crippen LogP contribution in [0.25, 0.3) is 10.9 Å². The van der Waals surface area contributed by atoms with Gasteiger partial charge in [0.25, 0.3) is 0 Å². The molecular weight excluding hydrogens is 326 g/mol. The third-order valence-electron chi connectivity index (χ3n) is 3.55. The lowest BCUT2D eigenvalue weighted by molar-refractivity contribution is 0.0999. The van der Waals surface area contributed by atoms with E-state index >= 15 is 0 Å². The van der Waals surface area contributed by atoms with Crippen LogP contribution in [-0.4, -0.2) is 28.8 Å². The van der Waals surface area contributed by atoms with E-state index in [0.29, 0.717) is 30.3 Å². The highest BCUT2D eigenvalue weighted by molar-refractivity contribution is 7.12. The normalized spacial score (nSPS) is 11.5. The second kappa shape index (κ2) is 7.37. The summed E-state index contributed by atoms with van der Waals surface area (Å²) in [5.74, 6) is -0.436. The number of nitrogens with zero attached hydrogens (tertiary/aromatic N) is 3. The predicted octanol–water partition coefficient (Wildman–Crippen LogP) is 4.37. The largest absolute Gasteiger partial charge is 0.493 e. The summed E-state index contributed by atoms with van der Waals surface area (Å²) in [6.07, 6.45) is 0. The lowest BCUT2D eigenvalue weighted by atomic mass is 10.2. The Morgan fingerprint density at radius 3 is 2.88 bits per heavy atom. The number of aromatic nitrogens is 1. The molecule has 0 saturated carbocycles. The molecule has 2 heterocycles. The summed E-state index contributed by atoms with van der Waals surface area (Å²) >= 11 is 1.31. The number of azo groups is 1. The first kappa shape index (κ1) is 16.4. The van der Waals surface area contributed by atoms with Gasteiger partial charge in [-0.25, -0.2) is 0 Å². The highest BCUT2D eigenvalue weighted by atomic mass is 32.1. The van der Waals surface area contributed by atoms with Gasteiger partial charge >= 0.3 is 5.91 Å². The molecule has 0 radical (unpaired) electrons. The molecule has 1 amide bonds. The van der Waals surface area contributed by atoms with Crippen molar-refractivity contribution >= 4 is 33.8 Å². The smallest absolute Gasteiger partial charge is 0.305 e. The maximum absolute atomic E-state index is 12.0. The third kappa shape index (κ3) is 3.22. The van der Waals surface area contributed by atoms with E-state index in [2.05, 4.69) is 10.2 Å². The van der Waals surface area contributed by atoms with Gasteiger partial charge in [-0.1, -0.05) is 24.3 Å². The molecule has 0 aliphatic carbocycles. The molecule has 0 bridgehead atoms. The number of amides is 1. The summed E-state index contributed by atoms with van der Waals surface area (Å²) in [5, 5.41) is 20.8. The van der Waals surface area contributed by atoms with Crippen LogP contribution in [0, 0.1) is 0 Å². The highest BCUT2D eigenvalue weighted by Crippen LogP contribution is 2.38. The van der Waals surface area contributed by atoms with Gasteiger partial charge in [-0.2, -0.15) is 0 Å². The Labute approximate surface area is 143 Å². The van der Waals surface area contributed by atoms with E-state index in [-0.39, 0.29) is 5.88 Å². The van der Waals surface area contributed by atoms with E-state index in [0.717, 1.165) is 10.9 Å². The van der Waals surface area contributed by atoms with Gasteiger partial charge in [-0.05, 0) is 24.4 Å². The fraction of sp³-hybridized carbons (Fsp3) is 0.235. The van der Waals surface area contributed by atoms with E-state index < -0.39 is 5.91 Å². The minimum Gasteiger partial charge on any atom is -0.493 e. The number of hydrogen-bond donors (Lipinski definition) is 1. The minimum atomic E-state index is -0.421. The molecule has 0 atom stereocenters. The van der Waals surface area contributed by atoms with Crippen molar-refractivity contribution in [3.8, 4) is 5.88 Å². The SMILES string of the molecule is CCOCCn1c(O)c(N=NC(=O)c2cccs2)c2ccccc21. The second-order valence-corrected chi connectivity index (χ2v) is 5.97. The number of fused-ring (bicyclic) bond motifs is 1. The van der Waals surface area contributed by atoms with Gasteiger partial charge in [0.1, 0.15) is 0 Å². The molecule has 0 spiro atoms. The molecule has 1 aromatic carbocycles. The number of para-hydroxylation sites is 1. The van der Waals surface area contributed by atoms with Crippen LogP contribution in [0.4, 0.5) is 5.69 Å². The maximum atomic E-state index is 12.0. The zero-order valence-electron chi connectivity index (χ0n) is 13.2. The molecule has 2 aromatic heterocycles. The number of ether oxygens (including phenoxy) is 1. The van der Waals surface area contributed by atoms with E-state index in [4.69, 9.17) is 4.74 Å². The number of hydrogen-bond acceptors (Lipinski definition) is 5. The molecule has 3 rings (SSSR count). The number of thiophene rings is 1. The van der Waals surface area contributed by atoms with Crippen LogP contribution in [0.3, 0.4) is 0 Å². The first-order valence-electron chi connectivity index (χ1n) is 7.60. The Bertz CT molecular complexity index is 869. The zero-order valence-corrected chi connectivity index (χ0v) is 14.0. The second-order valence-electron chi connectivity index (χ2n) is 5.02. The Balaban J connectivity index is 1.95. The van der Waals surface area contributed by atoms with Crippen LogP contribution in [0.5, 0.6) is 5.88 Å². The maximum Gasteiger partial charge on any atom is 0.305 e. The van der Waals surface area contributed by atoms with Crippen LogP contribution in [0.15, 0.2) is 52.0 Å². The fourth-order valence-electron chi connectivity index (χ4n) is 2.44. The molecular formula is C17H17N3O3S. The number of carbonyl (C=O) groups excluding carboxylic acids is 1. The summed E-state index contributed by atoms with van der Waals surface area (Å²) in [6.45, 7) is 3.51. The molecule has 0 saturated heterocycles. The van der Waals surface area contributed by atoms with E-state index in [1.54, 1.807) is 22.1 Å². The van der Waals surface area contributed by atoms with E-state index in [9.17, 15) is 9.90 Å². The van der Waals surface area contributed by atoms with Gasteiger partial charge in [0, 0.05) is 18.5 Å². The molecule has 124 valence electrons. The molecule has 6 nitrogen and oxygen atoms in total. The van der Waals surface area contributed by atoms with Gasteiger partial charge < -0.3 is 14.4 Å². The summed E-state index contributed by atoms with van der Waals surface area (Å²) in [7, 11) is 0. The molecule has 1 N–H and O–H groups in total. The monoisotopic (exact) mass is 343 g/mol. The first-order valence-corrected chi connectivity index (χ1v) is 8.48. The molecule has 7 heteroatoms. The van der Waals surface area contributed by atoms with E-state index in [1.165, 1.54) is 11.3 Å². The average molecular weight is 343 g/mol. The molecule has 0 unspecified atom stereocenters. The number of rotatable bonds is 6. The van der Waals surface area contributed by atoms with Crippen LogP contribution >= 0.6 is 11.3 Å². The molecule has 0 aliphatic rings. The van der Waals surface area contributed by atoms with Crippen molar-refractivity contribution in [3.05, 3.63) is 46.7 Å². The van der Waals surface area contributed by atoms with Crippen LogP contribution in [-0.2, 0) is 11.3 Å². The van der Waals surface area contributed by atoms with Crippen molar-refractivity contribution in [1.29, 1.82) is 0 Å². The Morgan fingerprint density at radius 2 is 2.12 bits per heavy atom. The number of carbonyl (C=O) groups is 1. The van der Waals surface area contributed by atoms with Gasteiger partial charge in [-0.15, -0.1) is 21.6 Å². The first-order chi connectivity index (χ1) is 11.7. The average Bonchev–Trinajstić information content (AvgIpc) is 3.21. The topological polar surface area (TPSA) is 76.2 Å². The lowest BCUT2D eigenvalue weighted by Crippen LogP contribution is -2.05. The van der Waals surface area contributed by atoms with Crippen LogP contribution < -0.4 is 0 Å². The van der Waals surface area contributed by atoms with Crippen LogP contribution in [0.1, 0.15) is 16.6 Å². The fourth-order valence-corrected chi connectivity index (χ4v) is 3.04. The van der Waals surface area contributed by atoms with Gasteiger partial charge in [0.05, 0.1) is 17.0 Å². The van der Waals surface area contributed by atoms with Crippen LogP contribution in [0.2, 0.25) is 0 Å². The third-order valence-corrected chi connectivity index (χ3v) is 4.41. The molecule has 0 fully saturated rings. The standard InChI is InChI=1S/C17H17N3O3S/c1-2-23-10-9-20-13-7-4-3-6-12(13)15(17(20)22)18-19-16(21)14-8-5-11-24-14/h3-8,11,22H,2,9-10H2,1H3. The van der Waals surface area contributed by atoms with Crippen molar-refractivity contribution in [2.75, 3.05) is 13.2 Å². The summed E-state index contributed by atoms with van der Waals surface area (Å²) < 4.78 is 7.08. The molecule has 3 aromatic rings. The van der Waals surface area contributed by atoms with Crippen molar-refractivity contribution < 1.29 is 14.6 Å². The lowest BCUT2D eigenvalue weighted by Gasteiger charge is -2.06.